The maximum Gasteiger partial charge on any atom is 0.417 e. The van der Waals surface area contributed by atoms with Gasteiger partial charge in [0.1, 0.15) is 5.76 Å². The van der Waals surface area contributed by atoms with Crippen molar-refractivity contribution in [3.8, 4) is 0 Å². The lowest BCUT2D eigenvalue weighted by molar-refractivity contribution is -0.140. The summed E-state index contributed by atoms with van der Waals surface area (Å²) in [6.45, 7) is 2.88. The number of alkyl halides is 3. The number of aliphatic hydroxyl groups is 2. The molecule has 0 bridgehead atoms. The van der Waals surface area contributed by atoms with Gasteiger partial charge >= 0.3 is 6.18 Å². The summed E-state index contributed by atoms with van der Waals surface area (Å²) in [5.74, 6) is -2.59. The second-order valence-corrected chi connectivity index (χ2v) is 7.81. The smallest absolute Gasteiger partial charge is 0.417 e. The molecule has 1 saturated heterocycles. The van der Waals surface area contributed by atoms with Gasteiger partial charge in [-0.15, -0.1) is 0 Å². The van der Waals surface area contributed by atoms with Gasteiger partial charge in [0, 0.05) is 12.1 Å². The first-order chi connectivity index (χ1) is 14.4. The summed E-state index contributed by atoms with van der Waals surface area (Å²) in [6.07, 6.45) is -5.83. The Bertz CT molecular complexity index is 1060. The summed E-state index contributed by atoms with van der Waals surface area (Å²) in [5.41, 5.74) is -0.439. The molecule has 1 heterocycles. The van der Waals surface area contributed by atoms with Gasteiger partial charge in [0.25, 0.3) is 11.7 Å². The minimum absolute atomic E-state index is 0.0646. The van der Waals surface area contributed by atoms with Crippen LogP contribution >= 0.6 is 11.6 Å². The Morgan fingerprint density at radius 3 is 2.32 bits per heavy atom. The SMILES string of the molecule is Cc1ccc(/C(O)=C2\C(=O)C(=O)N(CC(C)O)C2c2ccc(Cl)c(C(F)(F)F)c2)cc1. The van der Waals surface area contributed by atoms with Gasteiger partial charge in [0.05, 0.1) is 28.3 Å². The molecule has 1 fully saturated rings. The summed E-state index contributed by atoms with van der Waals surface area (Å²) in [6, 6.07) is 8.13. The summed E-state index contributed by atoms with van der Waals surface area (Å²) >= 11 is 5.71. The van der Waals surface area contributed by atoms with Crippen molar-refractivity contribution in [3.05, 3.63) is 75.3 Å². The number of aliphatic hydroxyl groups excluding tert-OH is 2. The quantitative estimate of drug-likeness (QED) is 0.407. The second-order valence-electron chi connectivity index (χ2n) is 7.40. The van der Waals surface area contributed by atoms with Crippen molar-refractivity contribution in [1.82, 2.24) is 4.90 Å². The van der Waals surface area contributed by atoms with Crippen molar-refractivity contribution < 1.29 is 33.0 Å². The number of benzene rings is 2. The van der Waals surface area contributed by atoms with Crippen LogP contribution in [0.1, 0.15) is 35.2 Å². The van der Waals surface area contributed by atoms with Crippen molar-refractivity contribution in [2.45, 2.75) is 32.2 Å². The van der Waals surface area contributed by atoms with Crippen LogP contribution in [0.5, 0.6) is 0 Å². The second kappa shape index (κ2) is 8.36. The highest BCUT2D eigenvalue weighted by molar-refractivity contribution is 6.46. The first-order valence-corrected chi connectivity index (χ1v) is 9.69. The molecule has 1 amide bonds. The number of ketones is 1. The number of halogens is 4. The Morgan fingerprint density at radius 2 is 1.77 bits per heavy atom. The van der Waals surface area contributed by atoms with E-state index in [-0.39, 0.29) is 23.2 Å². The number of carbonyl (C=O) groups excluding carboxylic acids is 2. The summed E-state index contributed by atoms with van der Waals surface area (Å²) in [5, 5.41) is 20.1. The lowest BCUT2D eigenvalue weighted by Gasteiger charge is -2.27. The molecule has 1 aliphatic rings. The minimum Gasteiger partial charge on any atom is -0.507 e. The molecule has 2 aromatic rings. The third kappa shape index (κ3) is 4.45. The van der Waals surface area contributed by atoms with Crippen LogP contribution in [0.2, 0.25) is 5.02 Å². The molecule has 0 radical (unpaired) electrons. The Labute approximate surface area is 181 Å². The van der Waals surface area contributed by atoms with E-state index in [1.54, 1.807) is 12.1 Å². The minimum atomic E-state index is -4.77. The van der Waals surface area contributed by atoms with Gasteiger partial charge in [-0.05, 0) is 31.5 Å². The molecule has 0 spiro atoms. The number of β-amino-alcohol motifs (C(OH)–C–C–N with tert-alkyl or cyclic N) is 1. The Balaban J connectivity index is 2.25. The number of aryl methyl sites for hydroxylation is 1. The molecule has 2 unspecified atom stereocenters. The maximum absolute atomic E-state index is 13.4. The number of carbonyl (C=O) groups is 2. The molecule has 3 rings (SSSR count). The number of nitrogens with zero attached hydrogens (tertiary/aromatic N) is 1. The monoisotopic (exact) mass is 453 g/mol. The van der Waals surface area contributed by atoms with Crippen molar-refractivity contribution in [3.63, 3.8) is 0 Å². The fourth-order valence-electron chi connectivity index (χ4n) is 3.50. The largest absolute Gasteiger partial charge is 0.507 e. The summed E-state index contributed by atoms with van der Waals surface area (Å²) in [7, 11) is 0. The van der Waals surface area contributed by atoms with E-state index in [0.29, 0.717) is 0 Å². The molecule has 0 aromatic heterocycles. The molecular formula is C22H19ClF3NO4. The highest BCUT2D eigenvalue weighted by Crippen LogP contribution is 2.42. The average molecular weight is 454 g/mol. The average Bonchev–Trinajstić information content (AvgIpc) is 2.92. The van der Waals surface area contributed by atoms with E-state index in [9.17, 15) is 33.0 Å². The van der Waals surface area contributed by atoms with Gasteiger partial charge < -0.3 is 15.1 Å². The molecular weight excluding hydrogens is 435 g/mol. The van der Waals surface area contributed by atoms with E-state index in [1.165, 1.54) is 25.1 Å². The van der Waals surface area contributed by atoms with Crippen LogP contribution in [0.3, 0.4) is 0 Å². The van der Waals surface area contributed by atoms with Crippen LogP contribution in [-0.4, -0.2) is 39.5 Å². The van der Waals surface area contributed by atoms with Gasteiger partial charge in [-0.1, -0.05) is 47.5 Å². The number of rotatable bonds is 4. The zero-order valence-electron chi connectivity index (χ0n) is 16.6. The van der Waals surface area contributed by atoms with Crippen LogP contribution in [0, 0.1) is 6.92 Å². The van der Waals surface area contributed by atoms with Crippen LogP contribution < -0.4 is 0 Å². The Morgan fingerprint density at radius 1 is 1.16 bits per heavy atom. The van der Waals surface area contributed by atoms with E-state index < -0.39 is 46.4 Å². The third-order valence-corrected chi connectivity index (χ3v) is 5.27. The molecule has 164 valence electrons. The number of likely N-dealkylation sites (tertiary alicyclic amines) is 1. The number of hydrogen-bond acceptors (Lipinski definition) is 4. The Hall–Kier alpha value is -2.84. The van der Waals surface area contributed by atoms with Crippen LogP contribution in [-0.2, 0) is 15.8 Å². The zero-order chi connectivity index (χ0) is 23.1. The number of amides is 1. The fraction of sp³-hybridized carbons (Fsp3) is 0.273. The van der Waals surface area contributed by atoms with E-state index in [0.717, 1.165) is 22.6 Å². The van der Waals surface area contributed by atoms with Gasteiger partial charge in [-0.25, -0.2) is 0 Å². The van der Waals surface area contributed by atoms with E-state index in [2.05, 4.69) is 0 Å². The zero-order valence-corrected chi connectivity index (χ0v) is 17.3. The standard InChI is InChI=1S/C22H19ClF3NO4/c1-11-3-5-13(6-4-11)19(29)17-18(27(10-12(2)28)21(31)20(17)30)14-7-8-16(23)15(9-14)22(24,25)26/h3-9,12,18,28-29H,10H2,1-2H3/b19-17+. The molecule has 5 nitrogen and oxygen atoms in total. The predicted molar refractivity (Wildman–Crippen MR) is 108 cm³/mol. The van der Waals surface area contributed by atoms with Gasteiger partial charge in [0.15, 0.2) is 0 Å². The summed E-state index contributed by atoms with van der Waals surface area (Å²) in [4.78, 5) is 26.4. The van der Waals surface area contributed by atoms with Crippen LogP contribution in [0.4, 0.5) is 13.2 Å². The number of Topliss-reactive ketones (excluding diaryl/α,β-unsaturated/α-hetero) is 1. The molecule has 1 aliphatic heterocycles. The lowest BCUT2D eigenvalue weighted by Crippen LogP contribution is -2.35. The van der Waals surface area contributed by atoms with Gasteiger partial charge in [0.2, 0.25) is 0 Å². The van der Waals surface area contributed by atoms with E-state index in [1.807, 2.05) is 6.92 Å². The normalized spacial score (nSPS) is 19.7. The first kappa shape index (κ1) is 22.8. The molecule has 9 heteroatoms. The van der Waals surface area contributed by atoms with Crippen LogP contribution in [0.25, 0.3) is 5.76 Å². The van der Waals surface area contributed by atoms with Crippen molar-refractivity contribution in [2.75, 3.05) is 6.54 Å². The molecule has 31 heavy (non-hydrogen) atoms. The maximum atomic E-state index is 13.4. The highest BCUT2D eigenvalue weighted by Gasteiger charge is 2.47. The molecule has 0 saturated carbocycles. The van der Waals surface area contributed by atoms with Gasteiger partial charge in [-0.3, -0.25) is 9.59 Å². The third-order valence-electron chi connectivity index (χ3n) is 4.94. The predicted octanol–water partition coefficient (Wildman–Crippen LogP) is 4.47. The lowest BCUT2D eigenvalue weighted by atomic mass is 9.94. The highest BCUT2D eigenvalue weighted by atomic mass is 35.5. The molecule has 2 aromatic carbocycles. The van der Waals surface area contributed by atoms with Gasteiger partial charge in [-0.2, -0.15) is 13.2 Å². The molecule has 2 atom stereocenters. The van der Waals surface area contributed by atoms with Crippen molar-refractivity contribution >= 4 is 29.1 Å². The topological polar surface area (TPSA) is 77.8 Å². The molecule has 2 N–H and O–H groups in total. The van der Waals surface area contributed by atoms with Crippen molar-refractivity contribution in [1.29, 1.82) is 0 Å². The number of hydrogen-bond donors (Lipinski definition) is 2. The van der Waals surface area contributed by atoms with Crippen molar-refractivity contribution in [2.24, 2.45) is 0 Å². The fourth-order valence-corrected chi connectivity index (χ4v) is 3.72. The van der Waals surface area contributed by atoms with E-state index in [4.69, 9.17) is 11.6 Å². The summed E-state index contributed by atoms with van der Waals surface area (Å²) < 4.78 is 40.2. The Kier molecular flexibility index (Phi) is 6.16. The van der Waals surface area contributed by atoms with Crippen LogP contribution in [0.15, 0.2) is 48.0 Å². The van der Waals surface area contributed by atoms with E-state index >= 15 is 0 Å². The molecule has 0 aliphatic carbocycles. The first-order valence-electron chi connectivity index (χ1n) is 9.32.